The average Bonchev–Trinajstić information content (AvgIpc) is 3.03. The lowest BCUT2D eigenvalue weighted by Gasteiger charge is -2.12. The normalized spacial score (nSPS) is 10.9. The first-order valence-corrected chi connectivity index (χ1v) is 8.07. The van der Waals surface area contributed by atoms with Gasteiger partial charge in [0.1, 0.15) is 18.3 Å². The smallest absolute Gasteiger partial charge is 0.167 e. The van der Waals surface area contributed by atoms with Gasteiger partial charge in [-0.3, -0.25) is 4.57 Å². The summed E-state index contributed by atoms with van der Waals surface area (Å²) in [6.07, 6.45) is 3.20. The van der Waals surface area contributed by atoms with Crippen molar-refractivity contribution in [3.05, 3.63) is 65.7 Å². The number of hydrogen-bond donors (Lipinski definition) is 2. The molecule has 7 heteroatoms. The molecule has 0 fully saturated rings. The molecule has 0 amide bonds. The van der Waals surface area contributed by atoms with E-state index in [4.69, 9.17) is 5.73 Å². The van der Waals surface area contributed by atoms with Gasteiger partial charge in [-0.05, 0) is 36.4 Å². The van der Waals surface area contributed by atoms with Crippen molar-refractivity contribution < 1.29 is 0 Å². The van der Waals surface area contributed by atoms with Crippen LogP contribution in [0, 0.1) is 0 Å². The first kappa shape index (κ1) is 14.6. The number of anilines is 3. The minimum atomic E-state index is 0.462. The van der Waals surface area contributed by atoms with Crippen molar-refractivity contribution in [1.82, 2.24) is 19.5 Å². The van der Waals surface area contributed by atoms with E-state index in [9.17, 15) is 0 Å². The zero-order chi connectivity index (χ0) is 16.5. The van der Waals surface area contributed by atoms with Crippen molar-refractivity contribution in [3.63, 3.8) is 0 Å². The number of nitrogen functional groups attached to an aromatic ring is 1. The standard InChI is InChI=1S/C17H13BrN6/c18-11-5-7-12(8-6-11)23-16-15(19)17(21-9-20-16)24-10-22-13-3-1-2-4-14(13)24/h1-10H,19H2,(H,20,21,23). The van der Waals surface area contributed by atoms with E-state index in [-0.39, 0.29) is 0 Å². The molecule has 0 saturated carbocycles. The lowest BCUT2D eigenvalue weighted by Crippen LogP contribution is -2.07. The largest absolute Gasteiger partial charge is 0.393 e. The maximum Gasteiger partial charge on any atom is 0.167 e. The van der Waals surface area contributed by atoms with Crippen LogP contribution in [0.5, 0.6) is 0 Å². The minimum absolute atomic E-state index is 0.462. The van der Waals surface area contributed by atoms with Crippen LogP contribution in [0.25, 0.3) is 16.9 Å². The fraction of sp³-hybridized carbons (Fsp3) is 0. The summed E-state index contributed by atoms with van der Waals surface area (Å²) >= 11 is 3.42. The zero-order valence-electron chi connectivity index (χ0n) is 12.5. The van der Waals surface area contributed by atoms with Gasteiger partial charge in [-0.1, -0.05) is 28.1 Å². The highest BCUT2D eigenvalue weighted by Crippen LogP contribution is 2.27. The van der Waals surface area contributed by atoms with Gasteiger partial charge in [-0.25, -0.2) is 15.0 Å². The number of halogens is 1. The van der Waals surface area contributed by atoms with Crippen LogP contribution in [-0.2, 0) is 0 Å². The van der Waals surface area contributed by atoms with Crippen molar-refractivity contribution in [1.29, 1.82) is 0 Å². The molecule has 2 aromatic carbocycles. The van der Waals surface area contributed by atoms with Gasteiger partial charge < -0.3 is 11.1 Å². The number of rotatable bonds is 3. The highest BCUT2D eigenvalue weighted by Gasteiger charge is 2.12. The fourth-order valence-corrected chi connectivity index (χ4v) is 2.74. The second-order valence-corrected chi connectivity index (χ2v) is 6.11. The van der Waals surface area contributed by atoms with Crippen LogP contribution in [0.3, 0.4) is 0 Å². The van der Waals surface area contributed by atoms with Crippen LogP contribution in [0.4, 0.5) is 17.2 Å². The Kier molecular flexibility index (Phi) is 3.62. The predicted octanol–water partition coefficient (Wildman–Crippen LogP) is 3.90. The van der Waals surface area contributed by atoms with E-state index in [1.165, 1.54) is 6.33 Å². The van der Waals surface area contributed by atoms with Gasteiger partial charge >= 0.3 is 0 Å². The number of nitrogens with one attached hydrogen (secondary N) is 1. The minimum Gasteiger partial charge on any atom is -0.393 e. The Balaban J connectivity index is 1.77. The maximum atomic E-state index is 6.30. The predicted molar refractivity (Wildman–Crippen MR) is 98.5 cm³/mol. The van der Waals surface area contributed by atoms with Gasteiger partial charge in [0, 0.05) is 10.2 Å². The van der Waals surface area contributed by atoms with Crippen LogP contribution < -0.4 is 11.1 Å². The Morgan fingerprint density at radius 1 is 0.958 bits per heavy atom. The number of nitrogens with two attached hydrogens (primary N) is 1. The molecule has 118 valence electrons. The lowest BCUT2D eigenvalue weighted by molar-refractivity contribution is 1.00. The average molecular weight is 381 g/mol. The summed E-state index contributed by atoms with van der Waals surface area (Å²) < 4.78 is 2.87. The Morgan fingerprint density at radius 2 is 1.75 bits per heavy atom. The molecular formula is C17H13BrN6. The van der Waals surface area contributed by atoms with Crippen LogP contribution in [-0.4, -0.2) is 19.5 Å². The van der Waals surface area contributed by atoms with Gasteiger partial charge in [0.05, 0.1) is 11.0 Å². The number of aromatic nitrogens is 4. The summed E-state index contributed by atoms with van der Waals surface area (Å²) in [5, 5.41) is 3.22. The monoisotopic (exact) mass is 380 g/mol. The van der Waals surface area contributed by atoms with E-state index in [1.54, 1.807) is 6.33 Å². The molecule has 0 unspecified atom stereocenters. The molecule has 0 spiro atoms. The third kappa shape index (κ3) is 2.59. The quantitative estimate of drug-likeness (QED) is 0.563. The molecule has 6 nitrogen and oxygen atoms in total. The molecule has 0 saturated heterocycles. The summed E-state index contributed by atoms with van der Waals surface area (Å²) in [7, 11) is 0. The third-order valence-electron chi connectivity index (χ3n) is 3.65. The number of benzene rings is 2. The molecule has 4 aromatic rings. The fourth-order valence-electron chi connectivity index (χ4n) is 2.48. The molecule has 24 heavy (non-hydrogen) atoms. The number of imidazole rings is 1. The Labute approximate surface area is 146 Å². The molecule has 2 aromatic heterocycles. The molecule has 0 aliphatic carbocycles. The van der Waals surface area contributed by atoms with Crippen molar-refractivity contribution in [2.24, 2.45) is 0 Å². The van der Waals surface area contributed by atoms with E-state index in [0.29, 0.717) is 17.3 Å². The topological polar surface area (TPSA) is 81.6 Å². The number of fused-ring (bicyclic) bond motifs is 1. The van der Waals surface area contributed by atoms with Crippen molar-refractivity contribution in [2.45, 2.75) is 0 Å². The van der Waals surface area contributed by atoms with E-state index >= 15 is 0 Å². The van der Waals surface area contributed by atoms with Crippen LogP contribution in [0.2, 0.25) is 0 Å². The molecular weight excluding hydrogens is 368 g/mol. The number of para-hydroxylation sites is 2. The Bertz CT molecular complexity index is 1010. The summed E-state index contributed by atoms with van der Waals surface area (Å²) in [4.78, 5) is 13.0. The second-order valence-electron chi connectivity index (χ2n) is 5.19. The first-order chi connectivity index (χ1) is 11.7. The SMILES string of the molecule is Nc1c(Nc2ccc(Br)cc2)ncnc1-n1cnc2ccccc21. The van der Waals surface area contributed by atoms with Crippen molar-refractivity contribution >= 4 is 44.2 Å². The van der Waals surface area contributed by atoms with Crippen LogP contribution in [0.1, 0.15) is 0 Å². The molecule has 0 aliphatic rings. The third-order valence-corrected chi connectivity index (χ3v) is 4.18. The van der Waals surface area contributed by atoms with Crippen molar-refractivity contribution in [2.75, 3.05) is 11.1 Å². The van der Waals surface area contributed by atoms with Gasteiger partial charge in [0.25, 0.3) is 0 Å². The molecule has 3 N–H and O–H groups in total. The molecule has 0 radical (unpaired) electrons. The van der Waals surface area contributed by atoms with Crippen molar-refractivity contribution in [3.8, 4) is 5.82 Å². The molecule has 2 heterocycles. The van der Waals surface area contributed by atoms with E-state index in [0.717, 1.165) is 21.2 Å². The summed E-state index contributed by atoms with van der Waals surface area (Å²) in [6.45, 7) is 0. The maximum absolute atomic E-state index is 6.30. The highest BCUT2D eigenvalue weighted by atomic mass is 79.9. The van der Waals surface area contributed by atoms with E-state index < -0.39 is 0 Å². The number of hydrogen-bond acceptors (Lipinski definition) is 5. The molecule has 4 rings (SSSR count). The zero-order valence-corrected chi connectivity index (χ0v) is 14.1. The van der Waals surface area contributed by atoms with Crippen LogP contribution in [0.15, 0.2) is 65.7 Å². The van der Waals surface area contributed by atoms with Gasteiger partial charge in [-0.15, -0.1) is 0 Å². The molecule has 0 bridgehead atoms. The Morgan fingerprint density at radius 3 is 2.58 bits per heavy atom. The van der Waals surface area contributed by atoms with Gasteiger partial charge in [0.15, 0.2) is 11.6 Å². The van der Waals surface area contributed by atoms with E-state index in [1.807, 2.05) is 53.1 Å². The molecule has 0 atom stereocenters. The number of nitrogens with zero attached hydrogens (tertiary/aromatic N) is 4. The summed E-state index contributed by atoms with van der Waals surface area (Å²) in [6, 6.07) is 15.6. The Hall–Kier alpha value is -2.93. The lowest BCUT2D eigenvalue weighted by atomic mass is 10.3. The van der Waals surface area contributed by atoms with E-state index in [2.05, 4.69) is 36.2 Å². The highest BCUT2D eigenvalue weighted by molar-refractivity contribution is 9.10. The second kappa shape index (κ2) is 5.93. The van der Waals surface area contributed by atoms with Gasteiger partial charge in [-0.2, -0.15) is 0 Å². The summed E-state index contributed by atoms with van der Waals surface area (Å²) in [5.74, 6) is 1.15. The molecule has 0 aliphatic heterocycles. The summed E-state index contributed by atoms with van der Waals surface area (Å²) in [5.41, 5.74) is 9.48. The van der Waals surface area contributed by atoms with Crippen LogP contribution >= 0.6 is 15.9 Å². The van der Waals surface area contributed by atoms with Gasteiger partial charge in [0.2, 0.25) is 0 Å². The first-order valence-electron chi connectivity index (χ1n) is 7.28.